The zero-order valence-electron chi connectivity index (χ0n) is 8.89. The van der Waals surface area contributed by atoms with Crippen LogP contribution in [0.15, 0.2) is 5.16 Å². The Labute approximate surface area is 92.3 Å². The molecule has 0 radical (unpaired) electrons. The van der Waals surface area contributed by atoms with Gasteiger partial charge < -0.3 is 5.11 Å². The molecule has 0 aliphatic rings. The number of rotatable bonds is 4. The third-order valence-electron chi connectivity index (χ3n) is 1.97. The van der Waals surface area contributed by atoms with Gasteiger partial charge in [0.15, 0.2) is 0 Å². The highest BCUT2D eigenvalue weighted by atomic mass is 32.2. The third-order valence-corrected chi connectivity index (χ3v) is 3.17. The van der Waals surface area contributed by atoms with Crippen molar-refractivity contribution in [2.75, 3.05) is 0 Å². The average Bonchev–Trinajstić information content (AvgIpc) is 2.19. The Bertz CT molecular complexity index is 370. The summed E-state index contributed by atoms with van der Waals surface area (Å²) in [6.07, 6.45) is 0.538. The Morgan fingerprint density at radius 1 is 1.40 bits per heavy atom. The van der Waals surface area contributed by atoms with Crippen LogP contribution in [0.3, 0.4) is 0 Å². The maximum atomic E-state index is 10.8. The Kier molecular flexibility index (Phi) is 4.02. The van der Waals surface area contributed by atoms with E-state index in [-0.39, 0.29) is 0 Å². The van der Waals surface area contributed by atoms with Crippen LogP contribution in [-0.2, 0) is 4.79 Å². The van der Waals surface area contributed by atoms with Crippen LogP contribution >= 0.6 is 11.8 Å². The SMILES string of the molecule is CCC(Sc1nnc(C)c(C)n1)C(=O)O. The number of carbonyl (C=O) groups is 1. The van der Waals surface area contributed by atoms with Gasteiger partial charge in [-0.25, -0.2) is 4.98 Å². The van der Waals surface area contributed by atoms with Crippen LogP contribution in [0.1, 0.15) is 24.7 Å². The topological polar surface area (TPSA) is 76.0 Å². The molecule has 0 aliphatic heterocycles. The van der Waals surface area contributed by atoms with E-state index in [0.29, 0.717) is 11.6 Å². The van der Waals surface area contributed by atoms with Gasteiger partial charge in [-0.2, -0.15) is 5.10 Å². The molecule has 0 aromatic carbocycles. The van der Waals surface area contributed by atoms with Crippen molar-refractivity contribution in [3.63, 3.8) is 0 Å². The fraction of sp³-hybridized carbons (Fsp3) is 0.556. The number of nitrogens with zero attached hydrogens (tertiary/aromatic N) is 3. The van der Waals surface area contributed by atoms with Gasteiger partial charge in [-0.05, 0) is 20.3 Å². The summed E-state index contributed by atoms with van der Waals surface area (Å²) in [4.78, 5) is 15.0. The molecule has 1 aromatic rings. The van der Waals surface area contributed by atoms with E-state index < -0.39 is 11.2 Å². The van der Waals surface area contributed by atoms with Gasteiger partial charge in [-0.3, -0.25) is 4.79 Å². The number of aryl methyl sites for hydroxylation is 2. The maximum Gasteiger partial charge on any atom is 0.317 e. The zero-order valence-corrected chi connectivity index (χ0v) is 9.71. The number of hydrogen-bond donors (Lipinski definition) is 1. The van der Waals surface area contributed by atoms with Crippen molar-refractivity contribution in [3.05, 3.63) is 11.4 Å². The second kappa shape index (κ2) is 5.06. The monoisotopic (exact) mass is 227 g/mol. The number of aromatic nitrogens is 3. The second-order valence-corrected chi connectivity index (χ2v) is 4.29. The largest absolute Gasteiger partial charge is 0.480 e. The van der Waals surface area contributed by atoms with Crippen LogP contribution in [0.4, 0.5) is 0 Å². The number of carboxylic acid groups (broad SMARTS) is 1. The minimum Gasteiger partial charge on any atom is -0.480 e. The molecule has 0 fully saturated rings. The average molecular weight is 227 g/mol. The first-order valence-corrected chi connectivity index (χ1v) is 5.50. The predicted octanol–water partition coefficient (Wildman–Crippen LogP) is 1.44. The van der Waals surface area contributed by atoms with Gasteiger partial charge in [0.05, 0.1) is 11.4 Å². The predicted molar refractivity (Wildman–Crippen MR) is 56.9 cm³/mol. The fourth-order valence-electron chi connectivity index (χ4n) is 0.922. The Balaban J connectivity index is 2.80. The number of hydrogen-bond acceptors (Lipinski definition) is 5. The summed E-state index contributed by atoms with van der Waals surface area (Å²) in [5.41, 5.74) is 1.55. The highest BCUT2D eigenvalue weighted by Crippen LogP contribution is 2.21. The number of aliphatic carboxylic acids is 1. The van der Waals surface area contributed by atoms with Crippen molar-refractivity contribution in [2.45, 2.75) is 37.6 Å². The summed E-state index contributed by atoms with van der Waals surface area (Å²) in [6, 6.07) is 0. The lowest BCUT2D eigenvalue weighted by Crippen LogP contribution is -2.15. The maximum absolute atomic E-state index is 10.8. The van der Waals surface area contributed by atoms with Crippen molar-refractivity contribution >= 4 is 17.7 Å². The molecular formula is C9H13N3O2S. The zero-order chi connectivity index (χ0) is 11.4. The molecule has 1 unspecified atom stereocenters. The van der Waals surface area contributed by atoms with Crippen LogP contribution in [-0.4, -0.2) is 31.5 Å². The van der Waals surface area contributed by atoms with E-state index in [0.717, 1.165) is 23.1 Å². The minimum absolute atomic E-state index is 0.423. The van der Waals surface area contributed by atoms with E-state index in [1.807, 2.05) is 20.8 Å². The van der Waals surface area contributed by atoms with E-state index in [2.05, 4.69) is 15.2 Å². The quantitative estimate of drug-likeness (QED) is 0.784. The van der Waals surface area contributed by atoms with Gasteiger partial charge in [-0.1, -0.05) is 18.7 Å². The summed E-state index contributed by atoms with van der Waals surface area (Å²) in [5.74, 6) is -0.843. The van der Waals surface area contributed by atoms with Crippen molar-refractivity contribution in [1.29, 1.82) is 0 Å². The first-order valence-electron chi connectivity index (χ1n) is 4.62. The number of carboxylic acids is 1. The second-order valence-electron chi connectivity index (χ2n) is 3.12. The summed E-state index contributed by atoms with van der Waals surface area (Å²) < 4.78 is 0. The van der Waals surface area contributed by atoms with Crippen molar-refractivity contribution in [3.8, 4) is 0 Å². The molecule has 1 aromatic heterocycles. The lowest BCUT2D eigenvalue weighted by molar-refractivity contribution is -0.136. The molecule has 1 N–H and O–H groups in total. The first kappa shape index (κ1) is 11.9. The Hall–Kier alpha value is -1.17. The minimum atomic E-state index is -0.843. The highest BCUT2D eigenvalue weighted by Gasteiger charge is 2.18. The first-order chi connectivity index (χ1) is 7.04. The molecule has 1 rings (SSSR count). The van der Waals surface area contributed by atoms with E-state index in [4.69, 9.17) is 5.11 Å². The van der Waals surface area contributed by atoms with Gasteiger partial charge in [-0.15, -0.1) is 5.10 Å². The molecule has 15 heavy (non-hydrogen) atoms. The van der Waals surface area contributed by atoms with Crippen LogP contribution in [0, 0.1) is 13.8 Å². The van der Waals surface area contributed by atoms with Gasteiger partial charge in [0, 0.05) is 0 Å². The van der Waals surface area contributed by atoms with E-state index in [1.165, 1.54) is 0 Å². The molecule has 0 aliphatic carbocycles. The molecule has 1 atom stereocenters. The number of thioether (sulfide) groups is 1. The molecule has 5 nitrogen and oxygen atoms in total. The summed E-state index contributed by atoms with van der Waals surface area (Å²) in [5, 5.41) is 16.5. The third kappa shape index (κ3) is 3.16. The van der Waals surface area contributed by atoms with E-state index in [9.17, 15) is 4.79 Å². The Morgan fingerprint density at radius 3 is 2.53 bits per heavy atom. The molecular weight excluding hydrogens is 214 g/mol. The van der Waals surface area contributed by atoms with Gasteiger partial charge in [0.2, 0.25) is 5.16 Å². The van der Waals surface area contributed by atoms with Crippen molar-refractivity contribution in [1.82, 2.24) is 15.2 Å². The van der Waals surface area contributed by atoms with E-state index in [1.54, 1.807) is 0 Å². The summed E-state index contributed by atoms with van der Waals surface area (Å²) in [7, 11) is 0. The molecule has 6 heteroatoms. The summed E-state index contributed by atoms with van der Waals surface area (Å²) >= 11 is 1.14. The molecule has 0 amide bonds. The van der Waals surface area contributed by atoms with Crippen LogP contribution < -0.4 is 0 Å². The summed E-state index contributed by atoms with van der Waals surface area (Å²) in [6.45, 7) is 5.47. The lowest BCUT2D eigenvalue weighted by Gasteiger charge is -2.07. The molecule has 0 spiro atoms. The van der Waals surface area contributed by atoms with Crippen LogP contribution in [0.2, 0.25) is 0 Å². The van der Waals surface area contributed by atoms with Crippen LogP contribution in [0.5, 0.6) is 0 Å². The molecule has 82 valence electrons. The van der Waals surface area contributed by atoms with Gasteiger partial charge in [0.1, 0.15) is 5.25 Å². The standard InChI is InChI=1S/C9H13N3O2S/c1-4-7(8(13)14)15-9-10-5(2)6(3)11-12-9/h7H,4H2,1-3H3,(H,13,14). The van der Waals surface area contributed by atoms with Gasteiger partial charge >= 0.3 is 5.97 Å². The highest BCUT2D eigenvalue weighted by molar-refractivity contribution is 8.00. The van der Waals surface area contributed by atoms with Crippen molar-refractivity contribution < 1.29 is 9.90 Å². The molecule has 0 bridgehead atoms. The molecule has 0 saturated carbocycles. The Morgan fingerprint density at radius 2 is 2.07 bits per heavy atom. The van der Waals surface area contributed by atoms with Crippen molar-refractivity contribution in [2.24, 2.45) is 0 Å². The molecule has 1 heterocycles. The lowest BCUT2D eigenvalue weighted by atomic mass is 10.3. The van der Waals surface area contributed by atoms with E-state index >= 15 is 0 Å². The normalized spacial score (nSPS) is 12.5. The van der Waals surface area contributed by atoms with Gasteiger partial charge in [0.25, 0.3) is 0 Å². The molecule has 0 saturated heterocycles. The smallest absolute Gasteiger partial charge is 0.317 e. The van der Waals surface area contributed by atoms with Crippen LogP contribution in [0.25, 0.3) is 0 Å². The fourth-order valence-corrected chi connectivity index (χ4v) is 1.72.